The van der Waals surface area contributed by atoms with Crippen molar-refractivity contribution in [2.24, 2.45) is 5.92 Å². The van der Waals surface area contributed by atoms with Crippen LogP contribution < -0.4 is 10.6 Å². The number of benzene rings is 2. The second kappa shape index (κ2) is 9.93. The lowest BCUT2D eigenvalue weighted by atomic mass is 9.79. The van der Waals surface area contributed by atoms with Crippen molar-refractivity contribution >= 4 is 17.7 Å². The Bertz CT molecular complexity index is 766. The second-order valence-corrected chi connectivity index (χ2v) is 7.48. The van der Waals surface area contributed by atoms with Crippen LogP contribution in [0.25, 0.3) is 0 Å². The fraction of sp³-hybridized carbons (Fsp3) is 0.391. The van der Waals surface area contributed by atoms with Crippen molar-refractivity contribution in [3.8, 4) is 0 Å². The van der Waals surface area contributed by atoms with E-state index in [1.54, 1.807) is 0 Å². The largest absolute Gasteiger partial charge is 0.481 e. The van der Waals surface area contributed by atoms with Gasteiger partial charge in [-0.3, -0.25) is 4.79 Å². The van der Waals surface area contributed by atoms with E-state index in [1.165, 1.54) is 11.1 Å². The minimum atomic E-state index is -0.673. The van der Waals surface area contributed by atoms with Crippen LogP contribution in [0.5, 0.6) is 0 Å². The molecule has 3 rings (SSSR count). The van der Waals surface area contributed by atoms with Crippen molar-refractivity contribution < 1.29 is 14.7 Å². The first-order valence-corrected chi connectivity index (χ1v) is 10.0. The van der Waals surface area contributed by atoms with E-state index in [-0.39, 0.29) is 11.9 Å². The van der Waals surface area contributed by atoms with Crippen molar-refractivity contribution in [3.05, 3.63) is 65.7 Å². The number of hydrogen-bond acceptors (Lipinski definition) is 2. The third kappa shape index (κ3) is 5.84. The van der Waals surface area contributed by atoms with Gasteiger partial charge in [-0.1, -0.05) is 42.5 Å². The van der Waals surface area contributed by atoms with E-state index >= 15 is 0 Å². The Morgan fingerprint density at radius 2 is 1.61 bits per heavy atom. The monoisotopic (exact) mass is 380 g/mol. The topological polar surface area (TPSA) is 78.4 Å². The standard InChI is InChI=1S/C23H28N2O3/c26-22(27)20-10-8-18(9-11-20)19-12-14-21(15-13-19)25-23(28)24-16-4-7-17-5-2-1-3-6-17/h1-3,5-6,12-15,18,20H,4,7-11,16H2,(H,26,27)(H2,24,25,28)/t18-,20-. The molecule has 1 saturated carbocycles. The Hall–Kier alpha value is -2.82. The van der Waals surface area contributed by atoms with Crippen molar-refractivity contribution in [2.75, 3.05) is 11.9 Å². The summed E-state index contributed by atoms with van der Waals surface area (Å²) in [5, 5.41) is 14.9. The highest BCUT2D eigenvalue weighted by atomic mass is 16.4. The summed E-state index contributed by atoms with van der Waals surface area (Å²) in [6.45, 7) is 0.631. The van der Waals surface area contributed by atoms with Gasteiger partial charge in [-0.05, 0) is 67.7 Å². The first-order chi connectivity index (χ1) is 13.6. The first-order valence-electron chi connectivity index (χ1n) is 10.0. The number of rotatable bonds is 7. The van der Waals surface area contributed by atoms with Crippen molar-refractivity contribution in [2.45, 2.75) is 44.4 Å². The predicted molar refractivity (Wildman–Crippen MR) is 111 cm³/mol. The predicted octanol–water partition coefficient (Wildman–Crippen LogP) is 4.80. The maximum atomic E-state index is 12.0. The molecule has 0 unspecified atom stereocenters. The number of aliphatic carboxylic acids is 1. The van der Waals surface area contributed by atoms with E-state index in [9.17, 15) is 9.59 Å². The van der Waals surface area contributed by atoms with Gasteiger partial charge in [0.1, 0.15) is 0 Å². The smallest absolute Gasteiger partial charge is 0.319 e. The minimum absolute atomic E-state index is 0.192. The molecule has 0 saturated heterocycles. The normalized spacial score (nSPS) is 19.0. The van der Waals surface area contributed by atoms with Crippen LogP contribution in [0.2, 0.25) is 0 Å². The summed E-state index contributed by atoms with van der Waals surface area (Å²) >= 11 is 0. The highest BCUT2D eigenvalue weighted by Gasteiger charge is 2.26. The molecule has 2 aromatic carbocycles. The SMILES string of the molecule is O=C(NCCCc1ccccc1)Nc1ccc([C@H]2CC[C@H](C(=O)O)CC2)cc1. The molecule has 1 fully saturated rings. The number of carboxylic acid groups (broad SMARTS) is 1. The molecule has 3 N–H and O–H groups in total. The summed E-state index contributed by atoms with van der Waals surface area (Å²) in [6.07, 6.45) is 5.14. The third-order valence-electron chi connectivity index (χ3n) is 5.49. The Labute approximate surface area is 166 Å². The molecule has 0 heterocycles. The summed E-state index contributed by atoms with van der Waals surface area (Å²) in [6, 6.07) is 18.0. The molecule has 0 aromatic heterocycles. The number of carbonyl (C=O) groups is 2. The van der Waals surface area contributed by atoms with Crippen molar-refractivity contribution in [1.29, 1.82) is 0 Å². The molecule has 5 nitrogen and oxygen atoms in total. The first kappa shape index (κ1) is 19.9. The highest BCUT2D eigenvalue weighted by Crippen LogP contribution is 2.36. The average molecular weight is 380 g/mol. The number of carboxylic acids is 1. The van der Waals surface area contributed by atoms with Crippen LogP contribution in [0.3, 0.4) is 0 Å². The fourth-order valence-electron chi connectivity index (χ4n) is 3.83. The Kier molecular flexibility index (Phi) is 7.06. The zero-order valence-corrected chi connectivity index (χ0v) is 16.1. The zero-order valence-electron chi connectivity index (χ0n) is 16.1. The van der Waals surface area contributed by atoms with Crippen LogP contribution in [0.1, 0.15) is 49.1 Å². The molecule has 0 radical (unpaired) electrons. The van der Waals surface area contributed by atoms with Crippen molar-refractivity contribution in [3.63, 3.8) is 0 Å². The van der Waals surface area contributed by atoms with Gasteiger partial charge >= 0.3 is 12.0 Å². The Morgan fingerprint density at radius 3 is 2.25 bits per heavy atom. The molecule has 2 amide bonds. The summed E-state index contributed by atoms with van der Waals surface area (Å²) < 4.78 is 0. The molecule has 0 atom stereocenters. The molecule has 28 heavy (non-hydrogen) atoms. The molecule has 2 aromatic rings. The van der Waals surface area contributed by atoms with E-state index in [4.69, 9.17) is 5.11 Å². The Balaban J connectivity index is 1.39. The maximum Gasteiger partial charge on any atom is 0.319 e. The van der Waals surface area contributed by atoms with Crippen LogP contribution >= 0.6 is 0 Å². The van der Waals surface area contributed by atoms with Gasteiger partial charge in [0.2, 0.25) is 0 Å². The van der Waals surface area contributed by atoms with E-state index in [0.29, 0.717) is 12.5 Å². The van der Waals surface area contributed by atoms with Gasteiger partial charge < -0.3 is 15.7 Å². The lowest BCUT2D eigenvalue weighted by Gasteiger charge is -2.26. The number of urea groups is 1. The lowest BCUT2D eigenvalue weighted by Crippen LogP contribution is -2.29. The molecule has 0 spiro atoms. The molecule has 0 aliphatic heterocycles. The quantitative estimate of drug-likeness (QED) is 0.604. The molecule has 1 aliphatic carbocycles. The molecule has 0 bridgehead atoms. The summed E-state index contributed by atoms with van der Waals surface area (Å²) in [5.74, 6) is -0.452. The maximum absolute atomic E-state index is 12.0. The number of nitrogens with one attached hydrogen (secondary N) is 2. The number of aryl methyl sites for hydroxylation is 1. The summed E-state index contributed by atoms with van der Waals surface area (Å²) in [7, 11) is 0. The van der Waals surface area contributed by atoms with Gasteiger partial charge in [0.05, 0.1) is 5.92 Å². The van der Waals surface area contributed by atoms with Crippen LogP contribution in [0.4, 0.5) is 10.5 Å². The van der Waals surface area contributed by atoms with Gasteiger partial charge in [0.15, 0.2) is 0 Å². The number of carbonyl (C=O) groups excluding carboxylic acids is 1. The van der Waals surface area contributed by atoms with Gasteiger partial charge in [0.25, 0.3) is 0 Å². The zero-order chi connectivity index (χ0) is 19.8. The third-order valence-corrected chi connectivity index (χ3v) is 5.49. The summed E-state index contributed by atoms with van der Waals surface area (Å²) in [4.78, 5) is 23.1. The summed E-state index contributed by atoms with van der Waals surface area (Å²) in [5.41, 5.74) is 3.26. The number of hydrogen-bond donors (Lipinski definition) is 3. The van der Waals surface area contributed by atoms with Crippen molar-refractivity contribution in [1.82, 2.24) is 5.32 Å². The van der Waals surface area contributed by atoms with Crippen LogP contribution in [0, 0.1) is 5.92 Å². The number of anilines is 1. The van der Waals surface area contributed by atoms with Crippen LogP contribution in [-0.2, 0) is 11.2 Å². The highest BCUT2D eigenvalue weighted by molar-refractivity contribution is 5.89. The van der Waals surface area contributed by atoms with Gasteiger partial charge in [-0.15, -0.1) is 0 Å². The van der Waals surface area contributed by atoms with E-state index < -0.39 is 5.97 Å². The van der Waals surface area contributed by atoms with Crippen LogP contribution in [0.15, 0.2) is 54.6 Å². The van der Waals surface area contributed by atoms with E-state index in [1.807, 2.05) is 42.5 Å². The van der Waals surface area contributed by atoms with Gasteiger partial charge in [-0.2, -0.15) is 0 Å². The number of amides is 2. The average Bonchev–Trinajstić information content (AvgIpc) is 2.73. The molecular weight excluding hydrogens is 352 g/mol. The molecule has 1 aliphatic rings. The lowest BCUT2D eigenvalue weighted by molar-refractivity contribution is -0.142. The van der Waals surface area contributed by atoms with Gasteiger partial charge in [-0.25, -0.2) is 4.79 Å². The molecule has 148 valence electrons. The second-order valence-electron chi connectivity index (χ2n) is 7.48. The Morgan fingerprint density at radius 1 is 0.929 bits per heavy atom. The van der Waals surface area contributed by atoms with Gasteiger partial charge in [0, 0.05) is 12.2 Å². The fourth-order valence-corrected chi connectivity index (χ4v) is 3.83. The van der Waals surface area contributed by atoms with E-state index in [0.717, 1.165) is 44.2 Å². The minimum Gasteiger partial charge on any atom is -0.481 e. The van der Waals surface area contributed by atoms with Crippen LogP contribution in [-0.4, -0.2) is 23.7 Å². The van der Waals surface area contributed by atoms with E-state index in [2.05, 4.69) is 22.8 Å². The molecular formula is C23H28N2O3. The molecule has 5 heteroatoms.